The predicted octanol–water partition coefficient (Wildman–Crippen LogP) is 3.25. The molecule has 0 spiro atoms. The Morgan fingerprint density at radius 3 is 2.38 bits per heavy atom. The number of ether oxygens (including phenoxy) is 2. The van der Waals surface area contributed by atoms with Crippen molar-refractivity contribution in [2.75, 3.05) is 26.0 Å². The summed E-state index contributed by atoms with van der Waals surface area (Å²) in [5, 5.41) is 2.71. The first kappa shape index (κ1) is 22.2. The van der Waals surface area contributed by atoms with E-state index >= 15 is 0 Å². The van der Waals surface area contributed by atoms with Crippen molar-refractivity contribution in [3.8, 4) is 0 Å². The summed E-state index contributed by atoms with van der Waals surface area (Å²) in [4.78, 5) is 36.0. The van der Waals surface area contributed by atoms with Crippen LogP contribution >= 0.6 is 11.8 Å². The zero-order valence-electron chi connectivity index (χ0n) is 16.3. The van der Waals surface area contributed by atoms with Gasteiger partial charge in [0.05, 0.1) is 12.7 Å². The topological polar surface area (TPSA) is 81.7 Å². The highest BCUT2D eigenvalue weighted by molar-refractivity contribution is 7.99. The molecular formula is C22H23NO5S. The molecule has 0 saturated carbocycles. The second-order valence-corrected chi connectivity index (χ2v) is 7.23. The minimum atomic E-state index is -0.619. The van der Waals surface area contributed by atoms with Crippen molar-refractivity contribution < 1.29 is 23.9 Å². The summed E-state index contributed by atoms with van der Waals surface area (Å²) in [6.07, 6.45) is 2.77. The summed E-state index contributed by atoms with van der Waals surface area (Å²) in [7, 11) is 1.31. The highest BCUT2D eigenvalue weighted by Crippen LogP contribution is 2.17. The number of hydrogen-bond donors (Lipinski definition) is 1. The molecule has 2 aromatic carbocycles. The number of hydrogen-bond acceptors (Lipinski definition) is 6. The first-order valence-electron chi connectivity index (χ1n) is 8.97. The molecule has 6 nitrogen and oxygen atoms in total. The lowest BCUT2D eigenvalue weighted by molar-refractivity contribution is -0.143. The molecule has 0 unspecified atom stereocenters. The third-order valence-electron chi connectivity index (χ3n) is 3.80. The SMILES string of the molecule is COC(=O)c1ccc(/C=C/C(=O)OCC(=O)NCCSc2ccc(C)cc2)cc1. The van der Waals surface area contributed by atoms with Gasteiger partial charge in [-0.15, -0.1) is 11.8 Å². The van der Waals surface area contributed by atoms with Gasteiger partial charge in [-0.25, -0.2) is 9.59 Å². The number of methoxy groups -OCH3 is 1. The summed E-state index contributed by atoms with van der Waals surface area (Å²) in [6, 6.07) is 14.7. The van der Waals surface area contributed by atoms with Gasteiger partial charge in [-0.3, -0.25) is 4.79 Å². The Kier molecular flexibility index (Phi) is 8.98. The van der Waals surface area contributed by atoms with E-state index in [0.717, 1.165) is 10.6 Å². The van der Waals surface area contributed by atoms with E-state index in [4.69, 9.17) is 4.74 Å². The van der Waals surface area contributed by atoms with Gasteiger partial charge < -0.3 is 14.8 Å². The van der Waals surface area contributed by atoms with Crippen LogP contribution in [-0.4, -0.2) is 43.9 Å². The van der Waals surface area contributed by atoms with Gasteiger partial charge in [0.25, 0.3) is 5.91 Å². The molecule has 0 bridgehead atoms. The number of rotatable bonds is 9. The van der Waals surface area contributed by atoms with Crippen LogP contribution in [0.25, 0.3) is 6.08 Å². The maximum absolute atomic E-state index is 11.7. The Labute approximate surface area is 174 Å². The van der Waals surface area contributed by atoms with E-state index in [1.165, 1.54) is 18.7 Å². The molecule has 0 atom stereocenters. The van der Waals surface area contributed by atoms with Crippen molar-refractivity contribution in [2.45, 2.75) is 11.8 Å². The highest BCUT2D eigenvalue weighted by atomic mass is 32.2. The number of aryl methyl sites for hydroxylation is 1. The van der Waals surface area contributed by atoms with E-state index in [2.05, 4.69) is 10.1 Å². The van der Waals surface area contributed by atoms with Crippen LogP contribution < -0.4 is 5.32 Å². The molecular weight excluding hydrogens is 390 g/mol. The summed E-state index contributed by atoms with van der Waals surface area (Å²) in [5.41, 5.74) is 2.34. The molecule has 2 rings (SSSR count). The molecule has 7 heteroatoms. The van der Waals surface area contributed by atoms with Crippen LogP contribution in [0.15, 0.2) is 59.5 Å². The molecule has 1 amide bonds. The molecule has 2 aromatic rings. The van der Waals surface area contributed by atoms with Crippen LogP contribution in [0.1, 0.15) is 21.5 Å². The molecule has 0 aliphatic carbocycles. The lowest BCUT2D eigenvalue weighted by atomic mass is 10.1. The highest BCUT2D eigenvalue weighted by Gasteiger charge is 2.06. The van der Waals surface area contributed by atoms with E-state index in [0.29, 0.717) is 17.7 Å². The first-order valence-corrected chi connectivity index (χ1v) is 9.96. The lowest BCUT2D eigenvalue weighted by Gasteiger charge is -2.06. The molecule has 29 heavy (non-hydrogen) atoms. The summed E-state index contributed by atoms with van der Waals surface area (Å²) in [5.74, 6) is -0.669. The number of benzene rings is 2. The number of amides is 1. The molecule has 1 N–H and O–H groups in total. The fourth-order valence-electron chi connectivity index (χ4n) is 2.24. The van der Waals surface area contributed by atoms with Crippen LogP contribution in [-0.2, 0) is 19.1 Å². The van der Waals surface area contributed by atoms with Crippen LogP contribution in [0.2, 0.25) is 0 Å². The molecule has 0 fully saturated rings. The predicted molar refractivity (Wildman–Crippen MR) is 113 cm³/mol. The Bertz CT molecular complexity index is 860. The van der Waals surface area contributed by atoms with Crippen molar-refractivity contribution in [1.82, 2.24) is 5.32 Å². The molecule has 0 radical (unpaired) electrons. The van der Waals surface area contributed by atoms with Crippen molar-refractivity contribution in [2.24, 2.45) is 0 Å². The molecule has 0 saturated heterocycles. The van der Waals surface area contributed by atoms with E-state index in [9.17, 15) is 14.4 Å². The van der Waals surface area contributed by atoms with E-state index in [-0.39, 0.29) is 12.5 Å². The lowest BCUT2D eigenvalue weighted by Crippen LogP contribution is -2.30. The van der Waals surface area contributed by atoms with Crippen molar-refractivity contribution in [3.63, 3.8) is 0 Å². The van der Waals surface area contributed by atoms with Gasteiger partial charge in [0, 0.05) is 23.3 Å². The first-order chi connectivity index (χ1) is 14.0. The monoisotopic (exact) mass is 413 g/mol. The maximum atomic E-state index is 11.7. The normalized spacial score (nSPS) is 10.6. The van der Waals surface area contributed by atoms with Crippen LogP contribution in [0.3, 0.4) is 0 Å². The average molecular weight is 413 g/mol. The smallest absolute Gasteiger partial charge is 0.337 e. The quantitative estimate of drug-likeness (QED) is 0.294. The number of carbonyl (C=O) groups excluding carboxylic acids is 3. The second kappa shape index (κ2) is 11.7. The Hall–Kier alpha value is -3.06. The van der Waals surface area contributed by atoms with Crippen molar-refractivity contribution >= 4 is 35.7 Å². The fourth-order valence-corrected chi connectivity index (χ4v) is 3.01. The van der Waals surface area contributed by atoms with Gasteiger partial charge in [-0.2, -0.15) is 0 Å². The Balaban J connectivity index is 1.64. The molecule has 0 aliphatic heterocycles. The van der Waals surface area contributed by atoms with Gasteiger partial charge in [-0.05, 0) is 42.8 Å². The van der Waals surface area contributed by atoms with Gasteiger partial charge in [-0.1, -0.05) is 29.8 Å². The molecule has 0 aromatic heterocycles. The van der Waals surface area contributed by atoms with Gasteiger partial charge in [0.15, 0.2) is 6.61 Å². The number of carbonyl (C=O) groups is 3. The maximum Gasteiger partial charge on any atom is 0.337 e. The van der Waals surface area contributed by atoms with Crippen LogP contribution in [0.4, 0.5) is 0 Å². The van der Waals surface area contributed by atoms with E-state index in [1.807, 2.05) is 31.2 Å². The number of esters is 2. The largest absolute Gasteiger partial charge is 0.465 e. The van der Waals surface area contributed by atoms with E-state index in [1.54, 1.807) is 42.1 Å². The van der Waals surface area contributed by atoms with Crippen LogP contribution in [0, 0.1) is 6.92 Å². The average Bonchev–Trinajstić information content (AvgIpc) is 2.74. The number of nitrogens with one attached hydrogen (secondary N) is 1. The van der Waals surface area contributed by atoms with E-state index < -0.39 is 11.9 Å². The summed E-state index contributed by atoms with van der Waals surface area (Å²) >= 11 is 1.64. The third-order valence-corrected chi connectivity index (χ3v) is 4.82. The second-order valence-electron chi connectivity index (χ2n) is 6.07. The molecule has 0 aliphatic rings. The third kappa shape index (κ3) is 8.23. The Morgan fingerprint density at radius 1 is 1.03 bits per heavy atom. The fraction of sp³-hybridized carbons (Fsp3) is 0.227. The number of thioether (sulfide) groups is 1. The van der Waals surface area contributed by atoms with Gasteiger partial charge in [0.2, 0.25) is 0 Å². The van der Waals surface area contributed by atoms with Crippen molar-refractivity contribution in [1.29, 1.82) is 0 Å². The summed E-state index contributed by atoms with van der Waals surface area (Å²) in [6.45, 7) is 2.18. The summed E-state index contributed by atoms with van der Waals surface area (Å²) < 4.78 is 9.53. The minimum absolute atomic E-state index is 0.334. The van der Waals surface area contributed by atoms with Gasteiger partial charge >= 0.3 is 11.9 Å². The molecule has 0 heterocycles. The van der Waals surface area contributed by atoms with Gasteiger partial charge in [0.1, 0.15) is 0 Å². The Morgan fingerprint density at radius 2 is 1.72 bits per heavy atom. The zero-order chi connectivity index (χ0) is 21.1. The zero-order valence-corrected chi connectivity index (χ0v) is 17.2. The molecule has 152 valence electrons. The van der Waals surface area contributed by atoms with Crippen LogP contribution in [0.5, 0.6) is 0 Å². The minimum Gasteiger partial charge on any atom is -0.465 e. The van der Waals surface area contributed by atoms with Crippen molar-refractivity contribution in [3.05, 3.63) is 71.3 Å². The standard InChI is InChI=1S/C22H23NO5S/c1-16-3-10-19(11-4-16)29-14-13-23-20(24)15-28-21(25)12-7-17-5-8-18(9-6-17)22(26)27-2/h3-12H,13-15H2,1-2H3,(H,23,24)/b12-7+.